The third-order valence-corrected chi connectivity index (χ3v) is 2.85. The lowest BCUT2D eigenvalue weighted by atomic mass is 10.2. The van der Waals surface area contributed by atoms with Crippen LogP contribution in [0, 0.1) is 0 Å². The molecule has 0 bridgehead atoms. The molecule has 0 unspecified atom stereocenters. The van der Waals surface area contributed by atoms with Crippen LogP contribution in [0.4, 0.5) is 13.2 Å². The Hall–Kier alpha value is -1.76. The van der Waals surface area contributed by atoms with E-state index in [-0.39, 0.29) is 17.7 Å². The molecule has 19 heavy (non-hydrogen) atoms. The lowest BCUT2D eigenvalue weighted by Gasteiger charge is -2.16. The first kappa shape index (κ1) is 13.7. The number of hydrogen-bond acceptors (Lipinski definition) is 3. The minimum atomic E-state index is -4.73. The summed E-state index contributed by atoms with van der Waals surface area (Å²) in [5.74, 6) is -0.575. The Kier molecular flexibility index (Phi) is 3.66. The second-order valence-electron chi connectivity index (χ2n) is 4.37. The molecular formula is C12H13F3N2O2. The van der Waals surface area contributed by atoms with E-state index in [1.165, 1.54) is 12.1 Å². The van der Waals surface area contributed by atoms with E-state index in [2.05, 4.69) is 4.74 Å². The number of carbonyl (C=O) groups excluding carboxylic acids is 1. The van der Waals surface area contributed by atoms with Crippen molar-refractivity contribution in [3.05, 3.63) is 29.8 Å². The van der Waals surface area contributed by atoms with Crippen LogP contribution in [-0.4, -0.2) is 36.3 Å². The zero-order valence-electron chi connectivity index (χ0n) is 9.98. The summed E-state index contributed by atoms with van der Waals surface area (Å²) in [5.41, 5.74) is 6.02. The van der Waals surface area contributed by atoms with Gasteiger partial charge in [-0.15, -0.1) is 13.2 Å². The lowest BCUT2D eigenvalue weighted by Crippen LogP contribution is -2.31. The first-order valence-electron chi connectivity index (χ1n) is 5.76. The number of alkyl halides is 3. The number of benzene rings is 1. The second-order valence-corrected chi connectivity index (χ2v) is 4.37. The van der Waals surface area contributed by atoms with Crippen molar-refractivity contribution >= 4 is 5.91 Å². The van der Waals surface area contributed by atoms with E-state index in [1.54, 1.807) is 4.90 Å². The van der Waals surface area contributed by atoms with Crippen LogP contribution in [0.25, 0.3) is 0 Å². The van der Waals surface area contributed by atoms with E-state index in [9.17, 15) is 18.0 Å². The van der Waals surface area contributed by atoms with E-state index < -0.39 is 6.36 Å². The Labute approximate surface area is 107 Å². The summed E-state index contributed by atoms with van der Waals surface area (Å²) >= 11 is 0. The smallest absolute Gasteiger partial charge is 0.406 e. The van der Waals surface area contributed by atoms with Crippen molar-refractivity contribution < 1.29 is 22.7 Å². The molecule has 104 valence electrons. The molecule has 1 fully saturated rings. The number of ether oxygens (including phenoxy) is 1. The van der Waals surface area contributed by atoms with E-state index in [0.717, 1.165) is 18.6 Å². The third-order valence-electron chi connectivity index (χ3n) is 2.85. The van der Waals surface area contributed by atoms with E-state index in [1.807, 2.05) is 0 Å². The molecule has 0 aliphatic carbocycles. The van der Waals surface area contributed by atoms with Crippen molar-refractivity contribution in [2.45, 2.75) is 18.8 Å². The predicted molar refractivity (Wildman–Crippen MR) is 61.6 cm³/mol. The average molecular weight is 274 g/mol. The van der Waals surface area contributed by atoms with Crippen LogP contribution in [-0.2, 0) is 0 Å². The van der Waals surface area contributed by atoms with Gasteiger partial charge in [0, 0.05) is 24.7 Å². The Balaban J connectivity index is 2.04. The molecule has 1 saturated heterocycles. The van der Waals surface area contributed by atoms with Gasteiger partial charge in [0.15, 0.2) is 0 Å². The molecule has 0 spiro atoms. The molecule has 1 aliphatic heterocycles. The molecule has 2 N–H and O–H groups in total. The van der Waals surface area contributed by atoms with Gasteiger partial charge in [-0.05, 0) is 30.7 Å². The van der Waals surface area contributed by atoms with Crippen molar-refractivity contribution in [2.24, 2.45) is 5.73 Å². The fourth-order valence-corrected chi connectivity index (χ4v) is 1.95. The average Bonchev–Trinajstić information content (AvgIpc) is 2.74. The number of nitrogens with zero attached hydrogens (tertiary/aromatic N) is 1. The van der Waals surface area contributed by atoms with Crippen LogP contribution in [0.3, 0.4) is 0 Å². The topological polar surface area (TPSA) is 55.6 Å². The molecule has 0 radical (unpaired) electrons. The second kappa shape index (κ2) is 5.08. The Bertz CT molecular complexity index is 459. The van der Waals surface area contributed by atoms with Gasteiger partial charge in [0.2, 0.25) is 0 Å². The van der Waals surface area contributed by atoms with E-state index in [0.29, 0.717) is 18.7 Å². The van der Waals surface area contributed by atoms with Gasteiger partial charge in [0.25, 0.3) is 5.91 Å². The van der Waals surface area contributed by atoms with E-state index in [4.69, 9.17) is 5.73 Å². The SMILES string of the molecule is N[C@H]1CCN(C(=O)c2ccc(OC(F)(F)F)cc2)C1. The van der Waals surface area contributed by atoms with Gasteiger partial charge in [-0.3, -0.25) is 4.79 Å². The zero-order valence-corrected chi connectivity index (χ0v) is 9.98. The highest BCUT2D eigenvalue weighted by Gasteiger charge is 2.31. The fraction of sp³-hybridized carbons (Fsp3) is 0.417. The summed E-state index contributed by atoms with van der Waals surface area (Å²) in [4.78, 5) is 13.6. The molecule has 2 rings (SSSR count). The Morgan fingerprint density at radius 2 is 1.95 bits per heavy atom. The van der Waals surface area contributed by atoms with Crippen LogP contribution < -0.4 is 10.5 Å². The number of carbonyl (C=O) groups is 1. The van der Waals surface area contributed by atoms with Crippen LogP contribution in [0.15, 0.2) is 24.3 Å². The summed E-state index contributed by atoms with van der Waals surface area (Å²) in [5, 5.41) is 0. The van der Waals surface area contributed by atoms with Gasteiger partial charge in [-0.1, -0.05) is 0 Å². The summed E-state index contributed by atoms with van der Waals surface area (Å²) in [7, 11) is 0. The van der Waals surface area contributed by atoms with Gasteiger partial charge in [-0.2, -0.15) is 0 Å². The largest absolute Gasteiger partial charge is 0.573 e. The molecular weight excluding hydrogens is 261 g/mol. The molecule has 1 heterocycles. The summed E-state index contributed by atoms with van der Waals surface area (Å²) in [6, 6.07) is 4.84. The molecule has 0 aromatic heterocycles. The first-order valence-corrected chi connectivity index (χ1v) is 5.76. The van der Waals surface area contributed by atoms with Crippen molar-refractivity contribution in [3.63, 3.8) is 0 Å². The Morgan fingerprint density at radius 1 is 1.32 bits per heavy atom. The predicted octanol–water partition coefficient (Wildman–Crippen LogP) is 1.76. The third kappa shape index (κ3) is 3.60. The van der Waals surface area contributed by atoms with Gasteiger partial charge >= 0.3 is 6.36 Å². The standard InChI is InChI=1S/C12H13F3N2O2/c13-12(14,15)19-10-3-1-8(2-4-10)11(18)17-6-5-9(16)7-17/h1-4,9H,5-7,16H2/t9-/m0/s1. The summed E-state index contributed by atoms with van der Waals surface area (Å²) < 4.78 is 39.7. The molecule has 0 saturated carbocycles. The summed E-state index contributed by atoms with van der Waals surface area (Å²) in [6.07, 6.45) is -3.99. The maximum absolute atomic E-state index is 12.0. The monoisotopic (exact) mass is 274 g/mol. The molecule has 1 aliphatic rings. The number of halogens is 3. The first-order chi connectivity index (χ1) is 8.85. The maximum atomic E-state index is 12.0. The Morgan fingerprint density at radius 3 is 2.42 bits per heavy atom. The number of likely N-dealkylation sites (tertiary alicyclic amines) is 1. The number of hydrogen-bond donors (Lipinski definition) is 1. The zero-order chi connectivity index (χ0) is 14.0. The van der Waals surface area contributed by atoms with E-state index >= 15 is 0 Å². The van der Waals surface area contributed by atoms with Gasteiger partial charge < -0.3 is 15.4 Å². The molecule has 1 aromatic rings. The van der Waals surface area contributed by atoms with Crippen molar-refractivity contribution in [3.8, 4) is 5.75 Å². The molecule has 1 amide bonds. The van der Waals surface area contributed by atoms with Crippen molar-refractivity contribution in [2.75, 3.05) is 13.1 Å². The molecule has 1 aromatic carbocycles. The molecule has 7 heteroatoms. The number of rotatable bonds is 2. The highest BCUT2D eigenvalue weighted by atomic mass is 19.4. The minimum Gasteiger partial charge on any atom is -0.406 e. The van der Waals surface area contributed by atoms with Crippen LogP contribution >= 0.6 is 0 Å². The molecule has 1 atom stereocenters. The number of amides is 1. The van der Waals surface area contributed by atoms with Gasteiger partial charge in [-0.25, -0.2) is 0 Å². The number of nitrogens with two attached hydrogens (primary N) is 1. The molecule has 4 nitrogen and oxygen atoms in total. The van der Waals surface area contributed by atoms with Crippen molar-refractivity contribution in [1.29, 1.82) is 0 Å². The maximum Gasteiger partial charge on any atom is 0.573 e. The van der Waals surface area contributed by atoms with Crippen LogP contribution in [0.5, 0.6) is 5.75 Å². The summed E-state index contributed by atoms with van der Waals surface area (Å²) in [6.45, 7) is 1.04. The van der Waals surface area contributed by atoms with Gasteiger partial charge in [0.05, 0.1) is 0 Å². The van der Waals surface area contributed by atoms with Crippen LogP contribution in [0.1, 0.15) is 16.8 Å². The minimum absolute atomic E-state index is 0.0308. The van der Waals surface area contributed by atoms with Gasteiger partial charge in [0.1, 0.15) is 5.75 Å². The van der Waals surface area contributed by atoms with Crippen LogP contribution in [0.2, 0.25) is 0 Å². The highest BCUT2D eigenvalue weighted by molar-refractivity contribution is 5.94. The fourth-order valence-electron chi connectivity index (χ4n) is 1.95. The quantitative estimate of drug-likeness (QED) is 0.894. The normalized spacial score (nSPS) is 19.6. The highest BCUT2D eigenvalue weighted by Crippen LogP contribution is 2.23. The lowest BCUT2D eigenvalue weighted by molar-refractivity contribution is -0.274. The van der Waals surface area contributed by atoms with Crippen molar-refractivity contribution in [1.82, 2.24) is 4.90 Å².